The molecule has 1 aliphatic carbocycles. The van der Waals surface area contributed by atoms with Crippen LogP contribution < -0.4 is 21.3 Å². The van der Waals surface area contributed by atoms with E-state index in [0.29, 0.717) is 59.7 Å². The molecule has 233 valence electrons. The number of hydrogen-bond acceptors (Lipinski definition) is 11. The Morgan fingerprint density at radius 3 is 1.67 bits per heavy atom. The van der Waals surface area contributed by atoms with Gasteiger partial charge in [0.25, 0.3) is 0 Å². The van der Waals surface area contributed by atoms with Gasteiger partial charge in [0.1, 0.15) is 11.9 Å². The molecule has 1 radical (unpaired) electrons. The van der Waals surface area contributed by atoms with Crippen molar-refractivity contribution in [2.75, 3.05) is 26.2 Å². The van der Waals surface area contributed by atoms with Crippen molar-refractivity contribution in [3.8, 4) is 0 Å². The van der Waals surface area contributed by atoms with Crippen LogP contribution in [0.1, 0.15) is 18.4 Å². The van der Waals surface area contributed by atoms with Crippen molar-refractivity contribution in [1.29, 1.82) is 0 Å². The molecule has 1 aromatic carbocycles. The maximum Gasteiger partial charge on any atom is 2.00 e. The molecule has 1 fully saturated rings. The number of benzene rings is 1. The number of aromatic nitrogens is 3. The van der Waals surface area contributed by atoms with Gasteiger partial charge in [0.05, 0.1) is 11.4 Å². The van der Waals surface area contributed by atoms with E-state index in [9.17, 15) is 5.11 Å². The zero-order valence-corrected chi connectivity index (χ0v) is 35.4. The van der Waals surface area contributed by atoms with Crippen molar-refractivity contribution >= 4 is 152 Å². The number of alkyl halides is 1. The maximum atomic E-state index is 11.2. The molecule has 1 aromatic heterocycles. The number of nitrogens with one attached hydrogen (secondary N) is 5. The Labute approximate surface area is 334 Å². The van der Waals surface area contributed by atoms with Crippen molar-refractivity contribution in [1.82, 2.24) is 36.0 Å². The molecule has 1 heterocycles. The van der Waals surface area contributed by atoms with Crippen LogP contribution in [0.3, 0.4) is 0 Å². The molecule has 0 aliphatic heterocycles. The number of halogens is 2. The molecule has 0 bridgehead atoms. The summed E-state index contributed by atoms with van der Waals surface area (Å²) in [6.07, 6.45) is 3.41. The van der Waals surface area contributed by atoms with Gasteiger partial charge in [-0.15, -0.1) is 11.6 Å². The van der Waals surface area contributed by atoms with E-state index in [4.69, 9.17) is 35.4 Å². The fourth-order valence-electron chi connectivity index (χ4n) is 3.19. The standard InChI is InChI=1S/C14H15Cl2N3OS.2C4H8N2S4.Mn.Zn/c15-11-4-2-1-3-10(11)7-14(20,13(16)5-6-13)8-19-12(21)17-9-18-19;2*7-3(8)5-1-2-6-4(9)10;;/h1-4,9,20H,5-8H2,(H,17,18,21);2*1-2H2,(H2,5,7,8)(H2,6,9,10);;/q;;;2*+2/p-4. The molecule has 1 aliphatic rings. The third-order valence-electron chi connectivity index (χ3n) is 5.32. The monoisotopic (exact) mass is 882 g/mol. The fourth-order valence-corrected chi connectivity index (χ4v) is 4.59. The Morgan fingerprint density at radius 2 is 1.35 bits per heavy atom. The smallest absolute Gasteiger partial charge is 0.412 e. The van der Waals surface area contributed by atoms with Crippen LogP contribution in [0.15, 0.2) is 30.6 Å². The molecular weight excluding hydrogens is 858 g/mol. The summed E-state index contributed by atoms with van der Waals surface area (Å²) in [4.78, 5) is 2.19. The molecule has 0 saturated heterocycles. The van der Waals surface area contributed by atoms with E-state index < -0.39 is 10.5 Å². The minimum absolute atomic E-state index is 0. The topological polar surface area (TPSA) is 102 Å². The molecule has 6 N–H and O–H groups in total. The summed E-state index contributed by atoms with van der Waals surface area (Å²) in [5, 5.41) is 27.0. The minimum atomic E-state index is -1.15. The number of H-pyrrole nitrogens is 1. The largest absolute Gasteiger partial charge is 2.00 e. The second-order valence-electron chi connectivity index (χ2n) is 8.37. The SMILES string of the molecule is OC(Cc1ccccc1Cl)(Cn1nc[nH]c1=S)C1(Cl)CC1.S=C([S-])NCCNC(=S)[S-].S=C([S-])NCCNC(=S)[S-].[Mn+2].[Zn+2]. The van der Waals surface area contributed by atoms with Gasteiger partial charge in [0.15, 0.2) is 4.77 Å². The predicted octanol–water partition coefficient (Wildman–Crippen LogP) is 2.99. The zero-order chi connectivity index (χ0) is 31.1. The first-order valence-corrected chi connectivity index (χ1v) is 16.2. The van der Waals surface area contributed by atoms with Crippen LogP contribution in [0.4, 0.5) is 0 Å². The summed E-state index contributed by atoms with van der Waals surface area (Å²) in [6.45, 7) is 2.90. The van der Waals surface area contributed by atoms with E-state index in [1.165, 1.54) is 6.33 Å². The van der Waals surface area contributed by atoms with Gasteiger partial charge >= 0.3 is 36.5 Å². The van der Waals surface area contributed by atoms with Gasteiger partial charge < -0.3 is 131 Å². The molecule has 8 nitrogen and oxygen atoms in total. The molecule has 2 aromatic rings. The summed E-state index contributed by atoms with van der Waals surface area (Å²) in [5.41, 5.74) is -0.275. The van der Waals surface area contributed by atoms with Crippen molar-refractivity contribution < 1.29 is 41.7 Å². The molecule has 1 unspecified atom stereocenters. The Bertz CT molecular complexity index is 1180. The molecule has 1 atom stereocenters. The number of hydrogen-bond donors (Lipinski definition) is 6. The van der Waals surface area contributed by atoms with Crippen LogP contribution in [0, 0.1) is 4.77 Å². The molecule has 1 saturated carbocycles. The molecule has 3 rings (SSSR count). The first-order chi connectivity index (χ1) is 19.2. The third-order valence-corrected chi connectivity index (χ3v) is 7.90. The average Bonchev–Trinajstić information content (AvgIpc) is 3.53. The van der Waals surface area contributed by atoms with E-state index in [-0.39, 0.29) is 43.1 Å². The fraction of sp³-hybridized carbons (Fsp3) is 0.455. The quantitative estimate of drug-likeness (QED) is 0.0656. The summed E-state index contributed by atoms with van der Waals surface area (Å²) < 4.78 is 3.52. The van der Waals surface area contributed by atoms with Crippen LogP contribution >= 0.6 is 84.3 Å². The van der Waals surface area contributed by atoms with E-state index in [1.807, 2.05) is 24.3 Å². The zero-order valence-electron chi connectivity index (χ0n) is 22.4. The van der Waals surface area contributed by atoms with Gasteiger partial charge in [0.2, 0.25) is 0 Å². The summed E-state index contributed by atoms with van der Waals surface area (Å²) >= 11 is 54.6. The average molecular weight is 885 g/mol. The van der Waals surface area contributed by atoms with E-state index in [2.05, 4.69) is 131 Å². The Balaban J connectivity index is 0. The normalized spacial score (nSPS) is 13.3. The summed E-state index contributed by atoms with van der Waals surface area (Å²) in [7, 11) is 0. The van der Waals surface area contributed by atoms with Gasteiger partial charge in [0, 0.05) is 37.6 Å². The third kappa shape index (κ3) is 19.8. The second kappa shape index (κ2) is 23.9. The molecular formula is C22H27Cl2MnN7OS9Zn. The number of rotatable bonds is 11. The maximum absolute atomic E-state index is 11.2. The van der Waals surface area contributed by atoms with Gasteiger partial charge in [-0.05, 0) is 36.7 Å². The summed E-state index contributed by atoms with van der Waals surface area (Å²) in [6, 6.07) is 7.48. The van der Waals surface area contributed by atoms with Gasteiger partial charge in [-0.2, -0.15) is 5.10 Å². The number of thiocarbonyl (C=S) groups is 4. The van der Waals surface area contributed by atoms with Crippen LogP contribution in [-0.2, 0) is 100 Å². The van der Waals surface area contributed by atoms with Gasteiger partial charge in [-0.3, -0.25) is 0 Å². The van der Waals surface area contributed by atoms with E-state index >= 15 is 0 Å². The van der Waals surface area contributed by atoms with Crippen LogP contribution in [0.2, 0.25) is 5.02 Å². The van der Waals surface area contributed by atoms with Crippen LogP contribution in [0.25, 0.3) is 0 Å². The van der Waals surface area contributed by atoms with Crippen molar-refractivity contribution in [3.05, 3.63) is 45.9 Å². The second-order valence-corrected chi connectivity index (χ2v) is 14.2. The molecule has 43 heavy (non-hydrogen) atoms. The first-order valence-electron chi connectivity index (χ1n) is 11.7. The van der Waals surface area contributed by atoms with E-state index in [1.54, 1.807) is 4.68 Å². The molecule has 0 amide bonds. The van der Waals surface area contributed by atoms with Crippen molar-refractivity contribution in [3.63, 3.8) is 0 Å². The van der Waals surface area contributed by atoms with Crippen molar-refractivity contribution in [2.45, 2.75) is 36.3 Å². The van der Waals surface area contributed by atoms with Gasteiger partial charge in [-0.1, -0.05) is 47.1 Å². The number of nitrogens with zero attached hydrogens (tertiary/aromatic N) is 2. The Hall–Kier alpha value is 0.703. The Morgan fingerprint density at radius 1 is 0.930 bits per heavy atom. The van der Waals surface area contributed by atoms with Crippen LogP contribution in [-0.4, -0.2) is 73.8 Å². The minimum Gasteiger partial charge on any atom is -0.412 e. The summed E-state index contributed by atoms with van der Waals surface area (Å²) in [5.74, 6) is 0. The van der Waals surface area contributed by atoms with Crippen molar-refractivity contribution in [2.24, 2.45) is 0 Å². The van der Waals surface area contributed by atoms with E-state index in [0.717, 1.165) is 18.4 Å². The predicted molar refractivity (Wildman–Crippen MR) is 197 cm³/mol. The molecule has 0 spiro atoms. The van der Waals surface area contributed by atoms with Crippen LogP contribution in [0.5, 0.6) is 0 Å². The number of aromatic amines is 1. The molecule has 21 heteroatoms. The number of aliphatic hydroxyl groups is 1. The van der Waals surface area contributed by atoms with Gasteiger partial charge in [-0.25, -0.2) is 4.68 Å². The Kier molecular flexibility index (Phi) is 25.5. The first kappa shape index (κ1) is 45.8.